The summed E-state index contributed by atoms with van der Waals surface area (Å²) in [6, 6.07) is 7.71. The van der Waals surface area contributed by atoms with E-state index in [0.717, 1.165) is 23.3 Å². The van der Waals surface area contributed by atoms with Crippen molar-refractivity contribution < 1.29 is 9.47 Å². The molecule has 1 aliphatic rings. The lowest BCUT2D eigenvalue weighted by molar-refractivity contribution is 0.253. The largest absolute Gasteiger partial charge is 0.488 e. The second kappa shape index (κ2) is 5.31. The lowest BCUT2D eigenvalue weighted by atomic mass is 10.0. The van der Waals surface area contributed by atoms with Gasteiger partial charge in [0.1, 0.15) is 17.5 Å². The lowest BCUT2D eigenvalue weighted by Crippen LogP contribution is -2.33. The van der Waals surface area contributed by atoms with Gasteiger partial charge in [0, 0.05) is 6.04 Å². The summed E-state index contributed by atoms with van der Waals surface area (Å²) < 4.78 is 11.6. The van der Waals surface area contributed by atoms with Crippen molar-refractivity contribution in [3.8, 4) is 17.2 Å². The molecule has 0 amide bonds. The van der Waals surface area contributed by atoms with Crippen LogP contribution in [0.15, 0.2) is 30.5 Å². The molecule has 1 unspecified atom stereocenters. The first kappa shape index (κ1) is 13.2. The molecular weight excluding hydrogens is 276 g/mol. The second-order valence-electron chi connectivity index (χ2n) is 4.90. The smallest absolute Gasteiger partial charge is 0.169 e. The van der Waals surface area contributed by atoms with Crippen molar-refractivity contribution in [1.29, 1.82) is 0 Å². The summed E-state index contributed by atoms with van der Waals surface area (Å²) in [5.41, 5.74) is 7.84. The molecule has 1 aromatic heterocycles. The number of pyridine rings is 1. The average molecular weight is 291 g/mol. The Bertz CT molecular complexity index is 646. The van der Waals surface area contributed by atoms with E-state index in [-0.39, 0.29) is 6.04 Å². The predicted octanol–water partition coefficient (Wildman–Crippen LogP) is 3.10. The van der Waals surface area contributed by atoms with Gasteiger partial charge in [-0.15, -0.1) is 0 Å². The van der Waals surface area contributed by atoms with Crippen molar-refractivity contribution in [2.45, 2.75) is 19.4 Å². The first-order chi connectivity index (χ1) is 9.63. The first-order valence-electron chi connectivity index (χ1n) is 6.44. The van der Waals surface area contributed by atoms with Crippen molar-refractivity contribution in [1.82, 2.24) is 4.98 Å². The van der Waals surface area contributed by atoms with Crippen LogP contribution in [-0.4, -0.2) is 17.6 Å². The number of aryl methyl sites for hydroxylation is 1. The standard InChI is InChI=1S/C15H15ClN2O2/c1-9-5-12(7-18-15(9)16)20-13-4-2-3-10-6-11(17)8-19-14(10)13/h2-5,7,11H,6,8,17H2,1H3. The molecule has 0 spiro atoms. The van der Waals surface area contributed by atoms with E-state index >= 15 is 0 Å². The van der Waals surface area contributed by atoms with Gasteiger partial charge in [0.05, 0.1) is 6.20 Å². The number of para-hydroxylation sites is 1. The zero-order chi connectivity index (χ0) is 14.1. The van der Waals surface area contributed by atoms with Gasteiger partial charge in [0.2, 0.25) is 0 Å². The topological polar surface area (TPSA) is 57.4 Å². The van der Waals surface area contributed by atoms with Crippen LogP contribution >= 0.6 is 11.6 Å². The quantitative estimate of drug-likeness (QED) is 0.864. The van der Waals surface area contributed by atoms with E-state index in [9.17, 15) is 0 Å². The summed E-state index contributed by atoms with van der Waals surface area (Å²) >= 11 is 5.91. The Kier molecular flexibility index (Phi) is 3.51. The van der Waals surface area contributed by atoms with Crippen LogP contribution in [0.4, 0.5) is 0 Å². The average Bonchev–Trinajstić information content (AvgIpc) is 2.43. The molecule has 20 heavy (non-hydrogen) atoms. The summed E-state index contributed by atoms with van der Waals surface area (Å²) in [6.45, 7) is 2.39. The number of aromatic nitrogens is 1. The maximum Gasteiger partial charge on any atom is 0.169 e. The van der Waals surface area contributed by atoms with Gasteiger partial charge in [-0.1, -0.05) is 23.7 Å². The van der Waals surface area contributed by atoms with E-state index in [0.29, 0.717) is 23.3 Å². The van der Waals surface area contributed by atoms with Crippen LogP contribution in [0.25, 0.3) is 0 Å². The first-order valence-corrected chi connectivity index (χ1v) is 6.81. The SMILES string of the molecule is Cc1cc(Oc2cccc3c2OCC(N)C3)cnc1Cl. The number of hydrogen-bond donors (Lipinski definition) is 1. The van der Waals surface area contributed by atoms with Crippen LogP contribution in [0.3, 0.4) is 0 Å². The number of halogens is 1. The van der Waals surface area contributed by atoms with Crippen LogP contribution < -0.4 is 15.2 Å². The van der Waals surface area contributed by atoms with Gasteiger partial charge < -0.3 is 15.2 Å². The monoisotopic (exact) mass is 290 g/mol. The molecule has 0 saturated carbocycles. The molecule has 5 heteroatoms. The number of hydrogen-bond acceptors (Lipinski definition) is 4. The molecule has 104 valence electrons. The molecule has 4 nitrogen and oxygen atoms in total. The number of ether oxygens (including phenoxy) is 2. The molecule has 1 atom stereocenters. The Hall–Kier alpha value is -1.78. The maximum atomic E-state index is 5.91. The number of benzene rings is 1. The Balaban J connectivity index is 1.91. The molecular formula is C15H15ClN2O2. The van der Waals surface area contributed by atoms with Gasteiger partial charge in [-0.3, -0.25) is 0 Å². The summed E-state index contributed by atoms with van der Waals surface area (Å²) in [6.07, 6.45) is 2.40. The molecule has 2 aromatic rings. The number of nitrogens with two attached hydrogens (primary N) is 1. The van der Waals surface area contributed by atoms with Crippen molar-refractivity contribution in [2.24, 2.45) is 5.73 Å². The van der Waals surface area contributed by atoms with Gasteiger partial charge in [0.15, 0.2) is 11.5 Å². The minimum Gasteiger partial charge on any atom is -0.488 e. The molecule has 0 bridgehead atoms. The molecule has 0 saturated heterocycles. The second-order valence-corrected chi connectivity index (χ2v) is 5.26. The summed E-state index contributed by atoms with van der Waals surface area (Å²) in [5.74, 6) is 2.08. The van der Waals surface area contributed by atoms with Crippen LogP contribution in [0, 0.1) is 6.92 Å². The fraction of sp³-hybridized carbons (Fsp3) is 0.267. The van der Waals surface area contributed by atoms with Gasteiger partial charge in [-0.05, 0) is 36.6 Å². The van der Waals surface area contributed by atoms with E-state index in [1.165, 1.54) is 0 Å². The van der Waals surface area contributed by atoms with E-state index in [1.54, 1.807) is 6.20 Å². The molecule has 0 radical (unpaired) electrons. The highest BCUT2D eigenvalue weighted by molar-refractivity contribution is 6.30. The lowest BCUT2D eigenvalue weighted by Gasteiger charge is -2.24. The molecule has 1 aliphatic heterocycles. The highest BCUT2D eigenvalue weighted by Crippen LogP contribution is 2.37. The van der Waals surface area contributed by atoms with E-state index < -0.39 is 0 Å². The van der Waals surface area contributed by atoms with E-state index in [2.05, 4.69) is 4.98 Å². The van der Waals surface area contributed by atoms with Crippen LogP contribution in [0.2, 0.25) is 5.15 Å². The molecule has 1 aromatic carbocycles. The normalized spacial score (nSPS) is 17.2. The Morgan fingerprint density at radius 3 is 3.10 bits per heavy atom. The van der Waals surface area contributed by atoms with Gasteiger partial charge in [-0.2, -0.15) is 0 Å². The minimum atomic E-state index is 0.0391. The summed E-state index contributed by atoms with van der Waals surface area (Å²) in [5, 5.41) is 0.481. The highest BCUT2D eigenvalue weighted by atomic mass is 35.5. The number of fused-ring (bicyclic) bond motifs is 1. The zero-order valence-corrected chi connectivity index (χ0v) is 11.9. The fourth-order valence-electron chi connectivity index (χ4n) is 2.21. The van der Waals surface area contributed by atoms with Crippen molar-refractivity contribution in [2.75, 3.05) is 6.61 Å². The zero-order valence-electron chi connectivity index (χ0n) is 11.1. The third kappa shape index (κ3) is 2.57. The summed E-state index contributed by atoms with van der Waals surface area (Å²) in [4.78, 5) is 4.08. The molecule has 0 aliphatic carbocycles. The van der Waals surface area contributed by atoms with Crippen molar-refractivity contribution in [3.05, 3.63) is 46.7 Å². The Labute approximate surface area is 122 Å². The Morgan fingerprint density at radius 1 is 1.45 bits per heavy atom. The predicted molar refractivity (Wildman–Crippen MR) is 77.7 cm³/mol. The fourth-order valence-corrected chi connectivity index (χ4v) is 2.32. The molecule has 2 N–H and O–H groups in total. The number of rotatable bonds is 2. The van der Waals surface area contributed by atoms with Crippen molar-refractivity contribution in [3.63, 3.8) is 0 Å². The molecule has 2 heterocycles. The highest BCUT2D eigenvalue weighted by Gasteiger charge is 2.20. The minimum absolute atomic E-state index is 0.0391. The molecule has 0 fully saturated rings. The third-order valence-corrected chi connectivity index (χ3v) is 3.60. The maximum absolute atomic E-state index is 5.91. The Morgan fingerprint density at radius 2 is 2.30 bits per heavy atom. The molecule has 3 rings (SSSR count). The van der Waals surface area contributed by atoms with E-state index in [1.807, 2.05) is 31.2 Å². The van der Waals surface area contributed by atoms with Gasteiger partial charge in [-0.25, -0.2) is 4.98 Å². The van der Waals surface area contributed by atoms with Gasteiger partial charge in [0.25, 0.3) is 0 Å². The summed E-state index contributed by atoms with van der Waals surface area (Å²) in [7, 11) is 0. The van der Waals surface area contributed by atoms with E-state index in [4.69, 9.17) is 26.8 Å². The van der Waals surface area contributed by atoms with Crippen LogP contribution in [0.1, 0.15) is 11.1 Å². The van der Waals surface area contributed by atoms with Crippen LogP contribution in [0.5, 0.6) is 17.2 Å². The van der Waals surface area contributed by atoms with Crippen molar-refractivity contribution >= 4 is 11.6 Å². The third-order valence-electron chi connectivity index (χ3n) is 3.20. The van der Waals surface area contributed by atoms with Crippen LogP contribution in [-0.2, 0) is 6.42 Å². The van der Waals surface area contributed by atoms with Gasteiger partial charge >= 0.3 is 0 Å². The number of nitrogens with zero attached hydrogens (tertiary/aromatic N) is 1.